The Hall–Kier alpha value is -5.68. The molecule has 0 saturated heterocycles. The van der Waals surface area contributed by atoms with E-state index in [1.54, 1.807) is 0 Å². The van der Waals surface area contributed by atoms with E-state index in [1.807, 2.05) is 0 Å². The van der Waals surface area contributed by atoms with Gasteiger partial charge in [0.15, 0.2) is 0 Å². The van der Waals surface area contributed by atoms with E-state index in [-0.39, 0.29) is 33.8 Å². The molecule has 6 aromatic carbocycles. The minimum absolute atomic E-state index is 0.0323. The molecular formula is C59H62BN2O2+. The van der Waals surface area contributed by atoms with Crippen LogP contribution in [-0.2, 0) is 27.1 Å². The van der Waals surface area contributed by atoms with E-state index in [0.717, 1.165) is 59.5 Å². The molecule has 2 aliphatic heterocycles. The first-order chi connectivity index (χ1) is 30.2. The molecule has 0 spiro atoms. The van der Waals surface area contributed by atoms with Crippen molar-refractivity contribution in [3.05, 3.63) is 137 Å². The fourth-order valence-corrected chi connectivity index (χ4v) is 12.4. The van der Waals surface area contributed by atoms with Crippen LogP contribution in [-0.4, -0.2) is 6.71 Å². The number of para-hydroxylation sites is 1. The van der Waals surface area contributed by atoms with Crippen LogP contribution in [0.15, 0.2) is 112 Å². The standard InChI is InChI=1S/C59H61BN2O2/c1-34-28-46-52-47(29-34)62(44-17-15-19-49-51(44)37-16-13-14-18-48(37)63-49)53-38-30-39-42(59(11,12)27-24-56(39,5)6)33-50(38)64-54(53)60(52)43-31-40-41(58(9,10)26-25-57(40,7)8)32-45(43)61(46)36-22-20-35(21-23-36)55(2,3)4/h13-23,28-33H,24-27H2,1-12H3/p+1. The quantitative estimate of drug-likeness (QED) is 0.128. The summed E-state index contributed by atoms with van der Waals surface area (Å²) in [5, 5.41) is 3.54. The molecule has 2 aliphatic carbocycles. The van der Waals surface area contributed by atoms with Crippen molar-refractivity contribution in [2.24, 2.45) is 0 Å². The minimum Gasteiger partial charge on any atom is -0.545 e. The number of anilines is 6. The fraction of sp³-hybridized carbons (Fsp3) is 0.356. The highest BCUT2D eigenvalue weighted by Gasteiger charge is 2.50. The van der Waals surface area contributed by atoms with Crippen LogP contribution in [0.4, 0.5) is 34.1 Å². The number of benzene rings is 6. The first kappa shape index (κ1) is 39.9. The van der Waals surface area contributed by atoms with E-state index in [4.69, 9.17) is 8.83 Å². The Morgan fingerprint density at radius 1 is 0.562 bits per heavy atom. The molecule has 8 aromatic rings. The Morgan fingerprint density at radius 3 is 1.80 bits per heavy atom. The Kier molecular flexibility index (Phi) is 7.96. The first-order valence-electron chi connectivity index (χ1n) is 23.8. The van der Waals surface area contributed by atoms with Gasteiger partial charge in [-0.05, 0) is 159 Å². The summed E-state index contributed by atoms with van der Waals surface area (Å²) in [6.07, 6.45) is 4.62. The van der Waals surface area contributed by atoms with E-state index in [1.165, 1.54) is 83.2 Å². The second-order valence-electron chi connectivity index (χ2n) is 23.6. The molecule has 4 aliphatic rings. The van der Waals surface area contributed by atoms with Crippen molar-refractivity contribution in [3.8, 4) is 0 Å². The Bertz CT molecular complexity index is 3290. The van der Waals surface area contributed by atoms with Gasteiger partial charge in [-0.15, -0.1) is 0 Å². The molecule has 0 fully saturated rings. The van der Waals surface area contributed by atoms with Crippen LogP contribution >= 0.6 is 0 Å². The van der Waals surface area contributed by atoms with Gasteiger partial charge in [0.2, 0.25) is 0 Å². The Balaban J connectivity index is 1.24. The number of fused-ring (bicyclic) bond motifs is 11. The van der Waals surface area contributed by atoms with Gasteiger partial charge in [-0.3, -0.25) is 0 Å². The van der Waals surface area contributed by atoms with Crippen molar-refractivity contribution in [2.45, 2.75) is 136 Å². The van der Waals surface area contributed by atoms with Crippen LogP contribution < -0.4 is 26.4 Å². The van der Waals surface area contributed by atoms with Crippen molar-refractivity contribution < 1.29 is 8.83 Å². The Labute approximate surface area is 379 Å². The summed E-state index contributed by atoms with van der Waals surface area (Å²) >= 11 is 0. The molecule has 0 amide bonds. The van der Waals surface area contributed by atoms with Crippen LogP contribution in [0.25, 0.3) is 32.9 Å². The maximum absolute atomic E-state index is 7.64. The molecule has 64 heavy (non-hydrogen) atoms. The predicted molar refractivity (Wildman–Crippen MR) is 273 cm³/mol. The van der Waals surface area contributed by atoms with Gasteiger partial charge in [-0.1, -0.05) is 113 Å². The third kappa shape index (κ3) is 5.48. The molecule has 1 N–H and O–H groups in total. The van der Waals surface area contributed by atoms with Gasteiger partial charge in [-0.25, -0.2) is 0 Å². The summed E-state index contributed by atoms with van der Waals surface area (Å²) in [7, 11) is 0. The molecule has 4 nitrogen and oxygen atoms in total. The monoisotopic (exact) mass is 841 g/mol. The average Bonchev–Trinajstić information content (AvgIpc) is 3.82. The van der Waals surface area contributed by atoms with Crippen LogP contribution in [0.5, 0.6) is 0 Å². The fourth-order valence-electron chi connectivity index (χ4n) is 12.4. The van der Waals surface area contributed by atoms with Gasteiger partial charge in [0.25, 0.3) is 17.9 Å². The maximum Gasteiger partial charge on any atom is 0.297 e. The van der Waals surface area contributed by atoms with E-state index in [9.17, 15) is 0 Å². The molecule has 0 radical (unpaired) electrons. The maximum atomic E-state index is 7.64. The summed E-state index contributed by atoms with van der Waals surface area (Å²) in [6.45, 7) is 28.6. The molecule has 2 aromatic heterocycles. The van der Waals surface area contributed by atoms with Crippen LogP contribution in [0.1, 0.15) is 135 Å². The SMILES string of the molecule is Cc1cc2c3c(c1)N(c1cccc4[oH+]c5ccccc5c14)c1c(oc4cc5c(cc14)C(C)(C)CCC5(C)C)B3c1cc3c(cc1N2c1ccc(C(C)(C)C)cc1)C(C)(C)CCC3(C)C. The minimum atomic E-state index is -0.123. The van der Waals surface area contributed by atoms with Gasteiger partial charge >= 0.3 is 0 Å². The second-order valence-corrected chi connectivity index (χ2v) is 23.6. The zero-order valence-electron chi connectivity index (χ0n) is 40.0. The number of hydrogen-bond donors (Lipinski definition) is 0. The summed E-state index contributed by atoms with van der Waals surface area (Å²) in [5.74, 6) is 0. The summed E-state index contributed by atoms with van der Waals surface area (Å²) in [6, 6.07) is 39.8. The molecule has 322 valence electrons. The normalized spacial score (nSPS) is 18.8. The molecule has 4 heterocycles. The number of hydrogen-bond acceptors (Lipinski definition) is 3. The molecule has 0 bridgehead atoms. The van der Waals surface area contributed by atoms with E-state index in [0.29, 0.717) is 0 Å². The largest absolute Gasteiger partial charge is 0.545 e. The van der Waals surface area contributed by atoms with Crippen molar-refractivity contribution >= 4 is 90.3 Å². The topological polar surface area (TPSA) is 32.4 Å². The lowest BCUT2D eigenvalue weighted by Gasteiger charge is -2.46. The van der Waals surface area contributed by atoms with E-state index >= 15 is 0 Å². The smallest absolute Gasteiger partial charge is 0.297 e. The first-order valence-corrected chi connectivity index (χ1v) is 23.8. The van der Waals surface area contributed by atoms with Crippen LogP contribution in [0, 0.1) is 6.92 Å². The lowest BCUT2D eigenvalue weighted by molar-refractivity contribution is 0.332. The van der Waals surface area contributed by atoms with Gasteiger partial charge in [0.05, 0.1) is 22.4 Å². The second kappa shape index (κ2) is 12.8. The van der Waals surface area contributed by atoms with Crippen molar-refractivity contribution in [1.29, 1.82) is 0 Å². The highest BCUT2D eigenvalue weighted by Crippen LogP contribution is 2.54. The van der Waals surface area contributed by atoms with Crippen molar-refractivity contribution in [1.82, 2.24) is 0 Å². The van der Waals surface area contributed by atoms with Gasteiger partial charge in [0.1, 0.15) is 11.0 Å². The van der Waals surface area contributed by atoms with Crippen molar-refractivity contribution in [3.63, 3.8) is 0 Å². The molecule has 0 atom stereocenters. The summed E-state index contributed by atoms with van der Waals surface area (Å²) in [5.41, 5.74) is 22.4. The van der Waals surface area contributed by atoms with Crippen LogP contribution in [0.3, 0.4) is 0 Å². The number of rotatable bonds is 2. The van der Waals surface area contributed by atoms with E-state index in [2.05, 4.69) is 196 Å². The lowest BCUT2D eigenvalue weighted by atomic mass is 9.35. The highest BCUT2D eigenvalue weighted by atomic mass is 16.3. The zero-order valence-corrected chi connectivity index (χ0v) is 40.0. The highest BCUT2D eigenvalue weighted by molar-refractivity contribution is 7.00. The van der Waals surface area contributed by atoms with Crippen molar-refractivity contribution in [2.75, 3.05) is 9.80 Å². The van der Waals surface area contributed by atoms with Gasteiger partial charge in [-0.2, -0.15) is 0 Å². The summed E-state index contributed by atoms with van der Waals surface area (Å²) in [4.78, 5) is 5.18. The van der Waals surface area contributed by atoms with E-state index < -0.39 is 0 Å². The number of aryl methyl sites for hydroxylation is 1. The molecule has 0 unspecified atom stereocenters. The predicted octanol–water partition coefficient (Wildman–Crippen LogP) is 14.8. The zero-order chi connectivity index (χ0) is 44.6. The molecular weight excluding hydrogens is 779 g/mol. The lowest BCUT2D eigenvalue weighted by Crippen LogP contribution is -2.61. The Morgan fingerprint density at radius 2 is 1.14 bits per heavy atom. The third-order valence-electron chi connectivity index (χ3n) is 16.4. The molecule has 0 saturated carbocycles. The van der Waals surface area contributed by atoms with Gasteiger partial charge < -0.3 is 18.6 Å². The molecule has 5 heteroatoms. The number of furan rings is 2. The average molecular weight is 842 g/mol. The third-order valence-corrected chi connectivity index (χ3v) is 16.4. The van der Waals surface area contributed by atoms with Crippen LogP contribution in [0.2, 0.25) is 0 Å². The number of nitrogens with zero attached hydrogens (tertiary/aromatic N) is 2. The summed E-state index contributed by atoms with van der Waals surface area (Å²) < 4.78 is 12.9. The molecule has 12 rings (SSSR count). The van der Waals surface area contributed by atoms with Gasteiger partial charge in [0, 0.05) is 40.3 Å².